The zero-order chi connectivity index (χ0) is 31.0. The quantitative estimate of drug-likeness (QED) is 0.286. The second-order valence-electron chi connectivity index (χ2n) is 11.1. The highest BCUT2D eigenvalue weighted by molar-refractivity contribution is 8.00. The molecule has 1 saturated heterocycles. The molecule has 1 aliphatic rings. The van der Waals surface area contributed by atoms with Gasteiger partial charge in [0.2, 0.25) is 11.8 Å². The second kappa shape index (κ2) is 14.4. The number of aryl methyl sites for hydroxylation is 1. The highest BCUT2D eigenvalue weighted by atomic mass is 32.2. The summed E-state index contributed by atoms with van der Waals surface area (Å²) in [7, 11) is 1.57. The van der Waals surface area contributed by atoms with Crippen molar-refractivity contribution >= 4 is 35.6 Å². The fourth-order valence-electron chi connectivity index (χ4n) is 5.10. The number of aliphatic hydroxyl groups is 1. The number of nitrogens with zero attached hydrogens (tertiary/aromatic N) is 1. The average molecular weight is 602 g/mol. The third kappa shape index (κ3) is 8.27. The van der Waals surface area contributed by atoms with Crippen molar-refractivity contribution < 1.29 is 24.2 Å². The second-order valence-corrected chi connectivity index (χ2v) is 12.7. The van der Waals surface area contributed by atoms with Gasteiger partial charge >= 0.3 is 0 Å². The van der Waals surface area contributed by atoms with E-state index < -0.39 is 34.7 Å². The Labute approximate surface area is 257 Å². The molecule has 1 heterocycles. The Bertz CT molecular complexity index is 1460. The van der Waals surface area contributed by atoms with Gasteiger partial charge in [0.15, 0.2) is 6.10 Å². The molecule has 9 heteroatoms. The monoisotopic (exact) mass is 601 g/mol. The lowest BCUT2D eigenvalue weighted by Gasteiger charge is -2.33. The summed E-state index contributed by atoms with van der Waals surface area (Å²) in [4.78, 5) is 41.8. The van der Waals surface area contributed by atoms with Crippen LogP contribution in [0.4, 0.5) is 0 Å². The molecular weight excluding hydrogens is 562 g/mol. The summed E-state index contributed by atoms with van der Waals surface area (Å²) in [6.45, 7) is 6.15. The molecule has 0 bridgehead atoms. The van der Waals surface area contributed by atoms with Crippen LogP contribution in [0.2, 0.25) is 0 Å². The van der Waals surface area contributed by atoms with Crippen LogP contribution in [0.3, 0.4) is 0 Å². The van der Waals surface area contributed by atoms with Crippen LogP contribution in [0.1, 0.15) is 36.1 Å². The summed E-state index contributed by atoms with van der Waals surface area (Å²) < 4.78 is 4.66. The number of thioether (sulfide) groups is 1. The van der Waals surface area contributed by atoms with E-state index in [0.717, 1.165) is 22.3 Å². The van der Waals surface area contributed by atoms with Crippen LogP contribution < -0.4 is 15.4 Å². The fraction of sp³-hybridized carbons (Fsp3) is 0.324. The first-order valence-electron chi connectivity index (χ1n) is 14.2. The molecule has 3 aromatic rings. The highest BCUT2D eigenvalue weighted by Gasteiger charge is 2.49. The average Bonchev–Trinajstić information content (AvgIpc) is 3.33. The van der Waals surface area contributed by atoms with Crippen molar-refractivity contribution in [2.45, 2.75) is 56.7 Å². The molecule has 8 nitrogen and oxygen atoms in total. The van der Waals surface area contributed by atoms with E-state index >= 15 is 0 Å². The van der Waals surface area contributed by atoms with Gasteiger partial charge in [-0.1, -0.05) is 66.7 Å². The molecule has 3 atom stereocenters. The largest absolute Gasteiger partial charge is 0.497 e. The third-order valence-corrected chi connectivity index (χ3v) is 8.95. The minimum Gasteiger partial charge on any atom is -0.497 e. The summed E-state index contributed by atoms with van der Waals surface area (Å²) in [6.07, 6.45) is 1.65. The number of carbonyl (C=O) groups is 3. The van der Waals surface area contributed by atoms with Crippen molar-refractivity contribution in [3.05, 3.63) is 107 Å². The smallest absolute Gasteiger partial charge is 0.254 e. The van der Waals surface area contributed by atoms with E-state index in [0.29, 0.717) is 12.3 Å². The van der Waals surface area contributed by atoms with Crippen molar-refractivity contribution in [1.29, 1.82) is 0 Å². The number of methoxy groups -OCH3 is 1. The molecule has 0 aliphatic carbocycles. The molecule has 3 N–H and O–H groups in total. The van der Waals surface area contributed by atoms with Crippen LogP contribution in [0.5, 0.6) is 5.75 Å². The molecule has 0 aromatic heterocycles. The SMILES string of the molecule is COc1cccc(/C=C/C(=O)N[C@@H](Cc2ccccc2)[C@H](O)C(=O)N2CSC(C)(C)[C@H]2C(=O)NCc2ccccc2C)c1. The molecule has 43 heavy (non-hydrogen) atoms. The number of ether oxygens (including phenoxy) is 1. The zero-order valence-corrected chi connectivity index (χ0v) is 25.8. The maximum atomic E-state index is 13.8. The van der Waals surface area contributed by atoms with Gasteiger partial charge in [-0.2, -0.15) is 0 Å². The Balaban J connectivity index is 1.51. The molecule has 3 aromatic carbocycles. The van der Waals surface area contributed by atoms with Crippen molar-refractivity contribution in [2.75, 3.05) is 13.0 Å². The van der Waals surface area contributed by atoms with Gasteiger partial charge in [-0.05, 0) is 67.7 Å². The van der Waals surface area contributed by atoms with Gasteiger partial charge < -0.3 is 25.4 Å². The first-order chi connectivity index (χ1) is 20.6. The predicted octanol–water partition coefficient (Wildman–Crippen LogP) is 4.10. The van der Waals surface area contributed by atoms with E-state index in [1.807, 2.05) is 93.6 Å². The van der Waals surface area contributed by atoms with Crippen LogP contribution in [0.15, 0.2) is 84.9 Å². The van der Waals surface area contributed by atoms with Crippen LogP contribution in [0, 0.1) is 6.92 Å². The van der Waals surface area contributed by atoms with Gasteiger partial charge in [-0.3, -0.25) is 14.4 Å². The number of benzene rings is 3. The first-order valence-corrected chi connectivity index (χ1v) is 15.2. The van der Waals surface area contributed by atoms with Crippen molar-refractivity contribution in [1.82, 2.24) is 15.5 Å². The lowest BCUT2D eigenvalue weighted by atomic mass is 9.97. The van der Waals surface area contributed by atoms with Crippen molar-refractivity contribution in [2.24, 2.45) is 0 Å². The zero-order valence-electron chi connectivity index (χ0n) is 24.9. The highest BCUT2D eigenvalue weighted by Crippen LogP contribution is 2.40. The van der Waals surface area contributed by atoms with Gasteiger partial charge in [0.1, 0.15) is 11.8 Å². The standard InChI is InChI=1S/C34H39N3O5S/c1-23-11-8-9-15-26(23)21-35-32(40)31-34(2,3)43-22-37(31)33(41)30(39)28(20-24-12-6-5-7-13-24)36-29(38)18-17-25-14-10-16-27(19-25)42-4/h5-19,28,30-31,39H,20-22H2,1-4H3,(H,35,40)(H,36,38)/b18-17+/t28-,30-,31+/m0/s1. The van der Waals surface area contributed by atoms with Gasteiger partial charge in [-0.25, -0.2) is 0 Å². The number of amides is 3. The van der Waals surface area contributed by atoms with Crippen LogP contribution in [-0.2, 0) is 27.3 Å². The predicted molar refractivity (Wildman–Crippen MR) is 170 cm³/mol. The van der Waals surface area contributed by atoms with E-state index in [9.17, 15) is 19.5 Å². The molecule has 3 amide bonds. The minimum atomic E-state index is -1.57. The van der Waals surface area contributed by atoms with Gasteiger partial charge in [0.05, 0.1) is 19.0 Å². The van der Waals surface area contributed by atoms with Gasteiger partial charge in [0, 0.05) is 17.4 Å². The molecule has 0 unspecified atom stereocenters. The summed E-state index contributed by atoms with van der Waals surface area (Å²) in [5, 5.41) is 17.2. The molecule has 1 fully saturated rings. The van der Waals surface area contributed by atoms with E-state index in [2.05, 4.69) is 10.6 Å². The van der Waals surface area contributed by atoms with Crippen LogP contribution >= 0.6 is 11.8 Å². The molecule has 1 aliphatic heterocycles. The topological polar surface area (TPSA) is 108 Å². The van der Waals surface area contributed by atoms with Gasteiger partial charge in [0.25, 0.3) is 5.91 Å². The van der Waals surface area contributed by atoms with Crippen LogP contribution in [-0.4, -0.2) is 63.6 Å². The van der Waals surface area contributed by atoms with E-state index in [4.69, 9.17) is 4.74 Å². The normalized spacial score (nSPS) is 17.3. The summed E-state index contributed by atoms with van der Waals surface area (Å²) in [5.74, 6) is -0.447. The van der Waals surface area contributed by atoms with E-state index in [1.54, 1.807) is 19.3 Å². The number of nitrogens with one attached hydrogen (secondary N) is 2. The Hall–Kier alpha value is -4.08. The maximum absolute atomic E-state index is 13.8. The molecule has 0 saturated carbocycles. The summed E-state index contributed by atoms with van der Waals surface area (Å²) in [5.41, 5.74) is 3.66. The molecule has 4 rings (SSSR count). The number of hydrogen-bond donors (Lipinski definition) is 3. The summed E-state index contributed by atoms with van der Waals surface area (Å²) >= 11 is 1.48. The van der Waals surface area contributed by atoms with E-state index in [-0.39, 0.29) is 18.2 Å². The van der Waals surface area contributed by atoms with Crippen LogP contribution in [0.25, 0.3) is 6.08 Å². The number of carbonyl (C=O) groups excluding carboxylic acids is 3. The lowest BCUT2D eigenvalue weighted by molar-refractivity contribution is -0.147. The maximum Gasteiger partial charge on any atom is 0.254 e. The Morgan fingerprint density at radius 1 is 1.07 bits per heavy atom. The first kappa shape index (κ1) is 31.8. The Morgan fingerprint density at radius 3 is 2.51 bits per heavy atom. The minimum absolute atomic E-state index is 0.223. The molecular formula is C34H39N3O5S. The van der Waals surface area contributed by atoms with E-state index in [1.165, 1.54) is 22.7 Å². The van der Waals surface area contributed by atoms with Crippen molar-refractivity contribution in [3.63, 3.8) is 0 Å². The molecule has 0 radical (unpaired) electrons. The van der Waals surface area contributed by atoms with Gasteiger partial charge in [-0.15, -0.1) is 11.8 Å². The third-order valence-electron chi connectivity index (χ3n) is 7.57. The number of rotatable bonds is 11. The number of aliphatic hydroxyl groups excluding tert-OH is 1. The van der Waals surface area contributed by atoms with Crippen molar-refractivity contribution in [3.8, 4) is 5.75 Å². The number of hydrogen-bond acceptors (Lipinski definition) is 6. The fourth-order valence-corrected chi connectivity index (χ4v) is 6.24. The summed E-state index contributed by atoms with van der Waals surface area (Å²) in [6, 6.07) is 22.7. The lowest BCUT2D eigenvalue weighted by Crippen LogP contribution is -2.58. The Morgan fingerprint density at radius 2 is 1.79 bits per heavy atom. The molecule has 0 spiro atoms. The molecule has 226 valence electrons. The Kier molecular flexibility index (Phi) is 10.7.